The first-order valence-corrected chi connectivity index (χ1v) is 8.55. The van der Waals surface area contributed by atoms with E-state index in [-0.39, 0.29) is 56.7 Å². The molecule has 0 aliphatic heterocycles. The third-order valence-electron chi connectivity index (χ3n) is 4.82. The van der Waals surface area contributed by atoms with Gasteiger partial charge >= 0.3 is 5.97 Å². The van der Waals surface area contributed by atoms with Gasteiger partial charge in [0.2, 0.25) is 5.78 Å². The first kappa shape index (κ1) is 18.4. The van der Waals surface area contributed by atoms with Crippen molar-refractivity contribution < 1.29 is 33.8 Å². The summed E-state index contributed by atoms with van der Waals surface area (Å²) in [6, 6.07) is 4.53. The van der Waals surface area contributed by atoms with Crippen LogP contribution in [0, 0.1) is 6.92 Å². The van der Waals surface area contributed by atoms with E-state index in [0.717, 1.165) is 12.1 Å². The van der Waals surface area contributed by atoms with Crippen molar-refractivity contribution >= 4 is 28.5 Å². The molecule has 1 aromatic heterocycles. The maximum atomic E-state index is 13.2. The molecule has 4 rings (SSSR count). The van der Waals surface area contributed by atoms with Gasteiger partial charge in [0.05, 0.1) is 30.0 Å². The summed E-state index contributed by atoms with van der Waals surface area (Å²) in [6.45, 7) is 1.51. The molecule has 146 valence electrons. The van der Waals surface area contributed by atoms with Gasteiger partial charge in [-0.3, -0.25) is 19.2 Å². The second-order valence-corrected chi connectivity index (χ2v) is 6.68. The zero-order valence-electron chi connectivity index (χ0n) is 15.4. The molecular formula is C21H14O8. The van der Waals surface area contributed by atoms with Crippen LogP contribution in [0.15, 0.2) is 33.5 Å². The normalized spacial score (nSPS) is 12.6. The average molecular weight is 394 g/mol. The molecule has 29 heavy (non-hydrogen) atoms. The number of hydrogen-bond donors (Lipinski definition) is 2. The maximum Gasteiger partial charge on any atom is 0.310 e. The van der Waals surface area contributed by atoms with Crippen LogP contribution < -0.4 is 5.43 Å². The molecule has 0 saturated heterocycles. The van der Waals surface area contributed by atoms with Gasteiger partial charge in [-0.1, -0.05) is 0 Å². The second-order valence-electron chi connectivity index (χ2n) is 6.68. The number of hydrogen-bond acceptors (Lipinski definition) is 8. The van der Waals surface area contributed by atoms with E-state index in [9.17, 15) is 29.4 Å². The van der Waals surface area contributed by atoms with E-state index in [2.05, 4.69) is 4.74 Å². The van der Waals surface area contributed by atoms with Crippen molar-refractivity contribution in [3.8, 4) is 11.5 Å². The molecule has 0 radical (unpaired) electrons. The molecule has 0 atom stereocenters. The molecule has 8 nitrogen and oxygen atoms in total. The van der Waals surface area contributed by atoms with Crippen molar-refractivity contribution in [1.29, 1.82) is 0 Å². The van der Waals surface area contributed by atoms with E-state index in [1.165, 1.54) is 26.2 Å². The third kappa shape index (κ3) is 2.68. The molecule has 0 fully saturated rings. The monoisotopic (exact) mass is 394 g/mol. The Morgan fingerprint density at radius 2 is 1.69 bits per heavy atom. The predicted molar refractivity (Wildman–Crippen MR) is 99.6 cm³/mol. The number of methoxy groups -OCH3 is 1. The van der Waals surface area contributed by atoms with Gasteiger partial charge in [-0.25, -0.2) is 0 Å². The maximum absolute atomic E-state index is 13.2. The predicted octanol–water partition coefficient (Wildman–Crippen LogP) is 2.00. The zero-order chi connectivity index (χ0) is 21.0. The fourth-order valence-electron chi connectivity index (χ4n) is 3.60. The number of aromatic hydroxyl groups is 2. The minimum Gasteiger partial charge on any atom is -0.508 e. The molecule has 3 aromatic rings. The van der Waals surface area contributed by atoms with E-state index < -0.39 is 28.7 Å². The van der Waals surface area contributed by atoms with Crippen molar-refractivity contribution in [3.63, 3.8) is 0 Å². The molecule has 0 spiro atoms. The van der Waals surface area contributed by atoms with Gasteiger partial charge in [-0.2, -0.15) is 0 Å². The standard InChI is InChI=1S/C21H14O8/c1-8-3-13(23)16-9(5-15(25)28-2)4-11-18(21(16)29-8)20(27)17-12(19(11)26)6-10(22)7-14(17)24/h3-4,6-7,22,24H,5H2,1-2H3. The number of phenolic OH excluding ortho intramolecular Hbond substituents is 2. The number of ether oxygens (including phenoxy) is 1. The molecule has 0 bridgehead atoms. The molecule has 1 aliphatic carbocycles. The lowest BCUT2D eigenvalue weighted by Crippen LogP contribution is -2.23. The molecule has 2 N–H and O–H groups in total. The van der Waals surface area contributed by atoms with Crippen LogP contribution in [0.2, 0.25) is 0 Å². The van der Waals surface area contributed by atoms with Gasteiger partial charge in [-0.15, -0.1) is 0 Å². The van der Waals surface area contributed by atoms with Crippen LogP contribution in [0.3, 0.4) is 0 Å². The van der Waals surface area contributed by atoms with Crippen LogP contribution in [0.25, 0.3) is 11.0 Å². The highest BCUT2D eigenvalue weighted by atomic mass is 16.5. The third-order valence-corrected chi connectivity index (χ3v) is 4.82. The molecule has 2 aromatic carbocycles. The topological polar surface area (TPSA) is 131 Å². The van der Waals surface area contributed by atoms with Crippen LogP contribution in [-0.4, -0.2) is 34.9 Å². The lowest BCUT2D eigenvalue weighted by molar-refractivity contribution is -0.139. The number of rotatable bonds is 2. The van der Waals surface area contributed by atoms with Crippen LogP contribution in [-0.2, 0) is 16.0 Å². The minimum atomic E-state index is -0.726. The lowest BCUT2D eigenvalue weighted by Gasteiger charge is -2.21. The highest BCUT2D eigenvalue weighted by Crippen LogP contribution is 2.39. The molecule has 8 heteroatoms. The van der Waals surface area contributed by atoms with Gasteiger partial charge in [0.1, 0.15) is 22.8 Å². The Kier molecular flexibility index (Phi) is 4.00. The Hall–Kier alpha value is -3.94. The quantitative estimate of drug-likeness (QED) is 0.494. The second kappa shape index (κ2) is 6.30. The molecule has 0 unspecified atom stereocenters. The molecular weight excluding hydrogens is 380 g/mol. The molecule has 1 heterocycles. The van der Waals surface area contributed by atoms with Crippen molar-refractivity contribution in [3.05, 3.63) is 68.1 Å². The van der Waals surface area contributed by atoms with E-state index in [0.29, 0.717) is 0 Å². The summed E-state index contributed by atoms with van der Waals surface area (Å²) in [4.78, 5) is 50.7. The lowest BCUT2D eigenvalue weighted by atomic mass is 9.81. The minimum absolute atomic E-state index is 0.0115. The first-order valence-electron chi connectivity index (χ1n) is 8.55. The largest absolute Gasteiger partial charge is 0.508 e. The number of ketones is 2. The Morgan fingerprint density at radius 3 is 2.38 bits per heavy atom. The number of aryl methyl sites for hydroxylation is 1. The summed E-state index contributed by atoms with van der Waals surface area (Å²) in [5.74, 6) is -2.76. The highest BCUT2D eigenvalue weighted by molar-refractivity contribution is 6.32. The van der Waals surface area contributed by atoms with Crippen LogP contribution >= 0.6 is 0 Å². The fraction of sp³-hybridized carbons (Fsp3) is 0.143. The van der Waals surface area contributed by atoms with Crippen LogP contribution in [0.5, 0.6) is 11.5 Å². The average Bonchev–Trinajstić information content (AvgIpc) is 2.64. The molecule has 1 aliphatic rings. The zero-order valence-corrected chi connectivity index (χ0v) is 15.4. The Morgan fingerprint density at radius 1 is 1.00 bits per heavy atom. The summed E-state index contributed by atoms with van der Waals surface area (Å²) in [5, 5.41) is 19.9. The summed E-state index contributed by atoms with van der Waals surface area (Å²) in [5.41, 5.74) is -1.17. The van der Waals surface area contributed by atoms with Gasteiger partial charge in [0.25, 0.3) is 0 Å². The first-order chi connectivity index (χ1) is 13.7. The number of phenols is 2. The summed E-state index contributed by atoms with van der Waals surface area (Å²) in [6.07, 6.45) is -0.312. The van der Waals surface area contributed by atoms with Crippen molar-refractivity contribution in [2.24, 2.45) is 0 Å². The number of esters is 1. The SMILES string of the molecule is COC(=O)Cc1cc2c(c3oc(C)cc(=O)c13)C(=O)c1c(O)cc(O)cc1C2=O. The van der Waals surface area contributed by atoms with Gasteiger partial charge in [0, 0.05) is 23.3 Å². The van der Waals surface area contributed by atoms with E-state index in [1.807, 2.05) is 0 Å². The number of fused-ring (bicyclic) bond motifs is 4. The van der Waals surface area contributed by atoms with Crippen LogP contribution in [0.4, 0.5) is 0 Å². The summed E-state index contributed by atoms with van der Waals surface area (Å²) in [7, 11) is 1.19. The Labute approximate surface area is 163 Å². The Bertz CT molecular complexity index is 1310. The Balaban J connectivity index is 2.14. The van der Waals surface area contributed by atoms with Gasteiger partial charge < -0.3 is 19.4 Å². The van der Waals surface area contributed by atoms with E-state index >= 15 is 0 Å². The fourth-order valence-corrected chi connectivity index (χ4v) is 3.60. The summed E-state index contributed by atoms with van der Waals surface area (Å²) < 4.78 is 10.3. The van der Waals surface area contributed by atoms with Crippen molar-refractivity contribution in [2.75, 3.05) is 7.11 Å². The summed E-state index contributed by atoms with van der Waals surface area (Å²) >= 11 is 0. The van der Waals surface area contributed by atoms with E-state index in [1.54, 1.807) is 0 Å². The van der Waals surface area contributed by atoms with Gasteiger partial charge in [-0.05, 0) is 24.6 Å². The highest BCUT2D eigenvalue weighted by Gasteiger charge is 2.36. The number of carbonyl (C=O) groups is 3. The van der Waals surface area contributed by atoms with Crippen molar-refractivity contribution in [1.82, 2.24) is 0 Å². The van der Waals surface area contributed by atoms with Crippen molar-refractivity contribution in [2.45, 2.75) is 13.3 Å². The number of benzene rings is 2. The van der Waals surface area contributed by atoms with Gasteiger partial charge in [0.15, 0.2) is 11.2 Å². The molecule has 0 saturated carbocycles. The molecule has 0 amide bonds. The van der Waals surface area contributed by atoms with E-state index in [4.69, 9.17) is 4.42 Å². The number of carbonyl (C=O) groups excluding carboxylic acids is 3. The van der Waals surface area contributed by atoms with Crippen LogP contribution in [0.1, 0.15) is 43.2 Å². The smallest absolute Gasteiger partial charge is 0.310 e.